The molecule has 2 N–H and O–H groups in total. The highest BCUT2D eigenvalue weighted by molar-refractivity contribution is 7.89. The van der Waals surface area contributed by atoms with Gasteiger partial charge < -0.3 is 10.2 Å². The van der Waals surface area contributed by atoms with Gasteiger partial charge in [0.15, 0.2) is 0 Å². The van der Waals surface area contributed by atoms with E-state index >= 15 is 0 Å². The lowest BCUT2D eigenvalue weighted by Crippen LogP contribution is -2.47. The van der Waals surface area contributed by atoms with Crippen molar-refractivity contribution >= 4 is 33.2 Å². The van der Waals surface area contributed by atoms with E-state index in [2.05, 4.69) is 10.0 Å². The van der Waals surface area contributed by atoms with Gasteiger partial charge in [0.2, 0.25) is 21.8 Å². The van der Waals surface area contributed by atoms with Gasteiger partial charge in [-0.3, -0.25) is 9.59 Å². The largest absolute Gasteiger partial charge is 0.325 e. The van der Waals surface area contributed by atoms with Crippen molar-refractivity contribution in [3.8, 4) is 0 Å². The Morgan fingerprint density at radius 3 is 2.25 bits per heavy atom. The van der Waals surface area contributed by atoms with Crippen LogP contribution >= 0.6 is 0 Å². The first-order valence-corrected chi connectivity index (χ1v) is 12.2. The van der Waals surface area contributed by atoms with Crippen LogP contribution in [0.25, 0.3) is 0 Å². The van der Waals surface area contributed by atoms with Gasteiger partial charge in [-0.15, -0.1) is 0 Å². The maximum atomic E-state index is 13.1. The zero-order valence-corrected chi connectivity index (χ0v) is 20.2. The molecule has 0 unspecified atom stereocenters. The summed E-state index contributed by atoms with van der Waals surface area (Å²) in [6.07, 6.45) is 0.582. The molecule has 0 radical (unpaired) electrons. The lowest BCUT2D eigenvalue weighted by atomic mass is 10.0. The lowest BCUT2D eigenvalue weighted by molar-refractivity contribution is -0.118. The second-order valence-corrected chi connectivity index (χ2v) is 10.7. The summed E-state index contributed by atoms with van der Waals surface area (Å²) < 4.78 is 28.8. The van der Waals surface area contributed by atoms with Crippen molar-refractivity contribution in [2.24, 2.45) is 5.92 Å². The number of amides is 2. The van der Waals surface area contributed by atoms with Crippen LogP contribution in [-0.4, -0.2) is 32.3 Å². The molecule has 3 rings (SSSR count). The van der Waals surface area contributed by atoms with Gasteiger partial charge in [-0.1, -0.05) is 19.9 Å². The van der Waals surface area contributed by atoms with E-state index in [0.717, 1.165) is 22.4 Å². The van der Waals surface area contributed by atoms with E-state index in [1.807, 2.05) is 39.0 Å². The van der Waals surface area contributed by atoms with Gasteiger partial charge >= 0.3 is 0 Å². The van der Waals surface area contributed by atoms with Crippen LogP contribution in [-0.2, 0) is 26.0 Å². The fourth-order valence-corrected chi connectivity index (χ4v) is 5.64. The van der Waals surface area contributed by atoms with Crippen LogP contribution in [0.4, 0.5) is 11.4 Å². The van der Waals surface area contributed by atoms with Crippen molar-refractivity contribution in [2.75, 3.05) is 10.2 Å². The van der Waals surface area contributed by atoms with E-state index in [1.54, 1.807) is 30.9 Å². The molecule has 2 amide bonds. The van der Waals surface area contributed by atoms with Crippen LogP contribution in [0.1, 0.15) is 44.4 Å². The van der Waals surface area contributed by atoms with Crippen LogP contribution in [0.2, 0.25) is 0 Å². The topological polar surface area (TPSA) is 95.6 Å². The smallest absolute Gasteiger partial charge is 0.242 e. The molecule has 0 bridgehead atoms. The fraction of sp³-hybridized carbons (Fsp3) is 0.417. The summed E-state index contributed by atoms with van der Waals surface area (Å²) in [4.78, 5) is 26.6. The van der Waals surface area contributed by atoms with Gasteiger partial charge in [-0.25, -0.2) is 8.42 Å². The van der Waals surface area contributed by atoms with Crippen LogP contribution in [0.3, 0.4) is 0 Å². The average molecular weight is 458 g/mol. The van der Waals surface area contributed by atoms with E-state index in [-0.39, 0.29) is 22.8 Å². The highest BCUT2D eigenvalue weighted by Crippen LogP contribution is 2.34. The van der Waals surface area contributed by atoms with Crippen molar-refractivity contribution in [3.05, 3.63) is 53.1 Å². The van der Waals surface area contributed by atoms with Crippen molar-refractivity contribution in [2.45, 2.75) is 64.9 Å². The Morgan fingerprint density at radius 1 is 1.06 bits per heavy atom. The van der Waals surface area contributed by atoms with Crippen molar-refractivity contribution in [3.63, 3.8) is 0 Å². The minimum absolute atomic E-state index is 0.0274. The summed E-state index contributed by atoms with van der Waals surface area (Å²) in [5.41, 5.74) is 4.18. The van der Waals surface area contributed by atoms with Gasteiger partial charge in [0.25, 0.3) is 0 Å². The fourth-order valence-electron chi connectivity index (χ4n) is 4.25. The third kappa shape index (κ3) is 5.02. The molecule has 0 aromatic heterocycles. The molecule has 0 aliphatic carbocycles. The molecule has 2 aromatic carbocycles. The van der Waals surface area contributed by atoms with Gasteiger partial charge in [0.1, 0.15) is 6.04 Å². The second-order valence-electron chi connectivity index (χ2n) is 8.94. The summed E-state index contributed by atoms with van der Waals surface area (Å²) in [6, 6.07) is 9.46. The van der Waals surface area contributed by atoms with E-state index in [9.17, 15) is 18.0 Å². The Hall–Kier alpha value is -2.71. The van der Waals surface area contributed by atoms with E-state index in [4.69, 9.17) is 0 Å². The van der Waals surface area contributed by atoms with Crippen LogP contribution in [0, 0.1) is 19.8 Å². The van der Waals surface area contributed by atoms with Crippen molar-refractivity contribution in [1.82, 2.24) is 4.72 Å². The monoisotopic (exact) mass is 457 g/mol. The Bertz CT molecular complexity index is 1140. The van der Waals surface area contributed by atoms with E-state index in [0.29, 0.717) is 12.1 Å². The second kappa shape index (κ2) is 9.03. The molecule has 8 heteroatoms. The number of anilines is 2. The molecule has 172 valence electrons. The van der Waals surface area contributed by atoms with E-state index < -0.39 is 22.0 Å². The highest BCUT2D eigenvalue weighted by atomic mass is 32.2. The summed E-state index contributed by atoms with van der Waals surface area (Å²) in [7, 11) is -3.95. The first-order chi connectivity index (χ1) is 14.9. The number of rotatable bonds is 6. The minimum atomic E-state index is -3.95. The molecule has 32 heavy (non-hydrogen) atoms. The Kier molecular flexibility index (Phi) is 6.76. The molecular weight excluding hydrogens is 426 g/mol. The highest BCUT2D eigenvalue weighted by Gasteiger charge is 2.32. The minimum Gasteiger partial charge on any atom is -0.325 e. The normalized spacial score (nSPS) is 16.7. The quantitative estimate of drug-likeness (QED) is 0.694. The SMILES string of the molecule is CC(=O)N1c2ccc(S(=O)(=O)N[C@H](C(=O)Nc3cc(C)cc(C)c3)C(C)C)cc2C[C@@H]1C. The number of sulfonamides is 1. The molecule has 0 fully saturated rings. The number of carbonyl (C=O) groups excluding carboxylic acids is 2. The standard InChI is InChI=1S/C24H31N3O4S/c1-14(2)23(24(29)25-20-10-15(3)9-16(4)11-20)26-32(30,31)21-7-8-22-19(13-21)12-17(5)27(22)18(6)28/h7-11,13-14,17,23,26H,12H2,1-6H3,(H,25,29)/t17-,23-/m0/s1. The first-order valence-electron chi connectivity index (χ1n) is 10.7. The molecule has 0 saturated carbocycles. The maximum absolute atomic E-state index is 13.1. The number of nitrogens with zero attached hydrogens (tertiary/aromatic N) is 1. The average Bonchev–Trinajstić information content (AvgIpc) is 3.00. The lowest BCUT2D eigenvalue weighted by Gasteiger charge is -2.22. The zero-order chi connectivity index (χ0) is 23.8. The molecule has 0 spiro atoms. The van der Waals surface area contributed by atoms with Crippen LogP contribution in [0.15, 0.2) is 41.3 Å². The molecule has 2 atom stereocenters. The summed E-state index contributed by atoms with van der Waals surface area (Å²) >= 11 is 0. The Morgan fingerprint density at radius 2 is 1.69 bits per heavy atom. The predicted molar refractivity (Wildman–Crippen MR) is 126 cm³/mol. The number of hydrogen-bond donors (Lipinski definition) is 2. The van der Waals surface area contributed by atoms with Gasteiger partial charge in [-0.2, -0.15) is 4.72 Å². The zero-order valence-electron chi connectivity index (χ0n) is 19.4. The number of aryl methyl sites for hydroxylation is 2. The molecule has 7 nitrogen and oxygen atoms in total. The number of benzene rings is 2. The third-order valence-corrected chi connectivity index (χ3v) is 7.08. The molecular formula is C24H31N3O4S. The number of carbonyl (C=O) groups is 2. The molecule has 2 aromatic rings. The molecule has 1 aliphatic rings. The number of nitrogens with one attached hydrogen (secondary N) is 2. The molecule has 0 saturated heterocycles. The van der Waals surface area contributed by atoms with Gasteiger partial charge in [-0.05, 0) is 80.1 Å². The van der Waals surface area contributed by atoms with Crippen LogP contribution < -0.4 is 14.9 Å². The van der Waals surface area contributed by atoms with Crippen molar-refractivity contribution < 1.29 is 18.0 Å². The Labute approximate surface area is 190 Å². The van der Waals surface area contributed by atoms with E-state index in [1.165, 1.54) is 13.0 Å². The van der Waals surface area contributed by atoms with Gasteiger partial charge in [0, 0.05) is 24.3 Å². The summed E-state index contributed by atoms with van der Waals surface area (Å²) in [6.45, 7) is 10.9. The molecule has 1 heterocycles. The molecule has 1 aliphatic heterocycles. The Balaban J connectivity index is 1.84. The first kappa shape index (κ1) is 23.9. The summed E-state index contributed by atoms with van der Waals surface area (Å²) in [5, 5.41) is 2.83. The predicted octanol–water partition coefficient (Wildman–Crippen LogP) is 3.54. The van der Waals surface area contributed by atoms with Crippen LogP contribution in [0.5, 0.6) is 0 Å². The number of hydrogen-bond acceptors (Lipinski definition) is 4. The maximum Gasteiger partial charge on any atom is 0.242 e. The third-order valence-electron chi connectivity index (χ3n) is 5.64. The van der Waals surface area contributed by atoms with Crippen molar-refractivity contribution in [1.29, 1.82) is 0 Å². The van der Waals surface area contributed by atoms with Gasteiger partial charge in [0.05, 0.1) is 4.90 Å². The summed E-state index contributed by atoms with van der Waals surface area (Å²) in [5.74, 6) is -0.752. The number of fused-ring (bicyclic) bond motifs is 1.